The summed E-state index contributed by atoms with van der Waals surface area (Å²) in [7, 11) is 0. The second-order valence-electron chi connectivity index (χ2n) is 5.75. The lowest BCUT2D eigenvalue weighted by atomic mass is 10.2. The molecule has 1 N–H and O–H groups in total. The molecule has 1 aromatic heterocycles. The molecule has 4 heteroatoms. The van der Waals surface area contributed by atoms with Gasteiger partial charge in [-0.2, -0.15) is 0 Å². The van der Waals surface area contributed by atoms with Crippen molar-refractivity contribution >= 4 is 23.5 Å². The Kier molecular flexibility index (Phi) is 6.62. The van der Waals surface area contributed by atoms with E-state index in [0.29, 0.717) is 13.2 Å². The highest BCUT2D eigenvalue weighted by atomic mass is 32.1. The zero-order chi connectivity index (χ0) is 18.0. The maximum Gasteiger partial charge on any atom is 0.407 e. The molecule has 0 atom stereocenters. The summed E-state index contributed by atoms with van der Waals surface area (Å²) in [6, 6.07) is 24.3. The molecule has 1 amide bonds. The highest BCUT2D eigenvalue weighted by Gasteiger charge is 2.02. The molecule has 0 aliphatic rings. The molecule has 132 valence electrons. The Morgan fingerprint density at radius 3 is 2.46 bits per heavy atom. The maximum absolute atomic E-state index is 11.7. The Balaban J connectivity index is 1.37. The molecule has 0 saturated heterocycles. The van der Waals surface area contributed by atoms with Gasteiger partial charge < -0.3 is 10.1 Å². The average Bonchev–Trinajstić information content (AvgIpc) is 3.16. The van der Waals surface area contributed by atoms with Gasteiger partial charge in [0.25, 0.3) is 0 Å². The van der Waals surface area contributed by atoms with Crippen LogP contribution in [0, 0.1) is 0 Å². The molecule has 0 fully saturated rings. The topological polar surface area (TPSA) is 38.3 Å². The number of alkyl carbamates (subject to hydrolysis) is 1. The molecular weight excluding hydrogens is 342 g/mol. The van der Waals surface area contributed by atoms with Gasteiger partial charge in [-0.15, -0.1) is 11.3 Å². The smallest absolute Gasteiger partial charge is 0.407 e. The summed E-state index contributed by atoms with van der Waals surface area (Å²) >= 11 is 1.76. The summed E-state index contributed by atoms with van der Waals surface area (Å²) < 4.78 is 5.17. The SMILES string of the molecule is O=C(NCCC=Cc1ccc(-c2ccccc2)s1)OCc1ccccc1. The van der Waals surface area contributed by atoms with Gasteiger partial charge in [-0.05, 0) is 35.8 Å². The van der Waals surface area contributed by atoms with Crippen molar-refractivity contribution in [2.45, 2.75) is 13.0 Å². The lowest BCUT2D eigenvalue weighted by Gasteiger charge is -2.05. The van der Waals surface area contributed by atoms with Crippen molar-refractivity contribution < 1.29 is 9.53 Å². The van der Waals surface area contributed by atoms with E-state index >= 15 is 0 Å². The van der Waals surface area contributed by atoms with Gasteiger partial charge in [0.15, 0.2) is 0 Å². The number of nitrogens with one attached hydrogen (secondary N) is 1. The number of thiophene rings is 1. The number of carbonyl (C=O) groups excluding carboxylic acids is 1. The minimum Gasteiger partial charge on any atom is -0.445 e. The molecule has 3 rings (SSSR count). The van der Waals surface area contributed by atoms with E-state index in [1.165, 1.54) is 15.3 Å². The van der Waals surface area contributed by atoms with E-state index in [1.807, 2.05) is 48.5 Å². The molecule has 1 heterocycles. The van der Waals surface area contributed by atoms with E-state index in [0.717, 1.165) is 12.0 Å². The summed E-state index contributed by atoms with van der Waals surface area (Å²) in [4.78, 5) is 14.1. The number of hydrogen-bond donors (Lipinski definition) is 1. The van der Waals surface area contributed by atoms with Gasteiger partial charge >= 0.3 is 6.09 Å². The number of benzene rings is 2. The van der Waals surface area contributed by atoms with Crippen LogP contribution in [0.1, 0.15) is 16.9 Å². The van der Waals surface area contributed by atoms with Gasteiger partial charge in [0, 0.05) is 16.3 Å². The second-order valence-corrected chi connectivity index (χ2v) is 6.86. The molecule has 0 saturated carbocycles. The van der Waals surface area contributed by atoms with E-state index in [-0.39, 0.29) is 6.09 Å². The van der Waals surface area contributed by atoms with Crippen LogP contribution in [-0.4, -0.2) is 12.6 Å². The molecular formula is C22H21NO2S. The first-order chi connectivity index (χ1) is 12.8. The van der Waals surface area contributed by atoms with E-state index < -0.39 is 0 Å². The van der Waals surface area contributed by atoms with Crippen LogP contribution in [0.4, 0.5) is 4.79 Å². The summed E-state index contributed by atoms with van der Waals surface area (Å²) in [5, 5.41) is 2.76. The molecule has 0 unspecified atom stereocenters. The number of carbonyl (C=O) groups is 1. The van der Waals surface area contributed by atoms with Crippen molar-refractivity contribution in [3.05, 3.63) is 89.3 Å². The molecule has 0 bridgehead atoms. The Morgan fingerprint density at radius 2 is 1.69 bits per heavy atom. The Morgan fingerprint density at radius 1 is 0.962 bits per heavy atom. The van der Waals surface area contributed by atoms with Gasteiger partial charge in [-0.1, -0.05) is 66.7 Å². The van der Waals surface area contributed by atoms with E-state index in [4.69, 9.17) is 4.74 Å². The molecule has 3 aromatic rings. The number of hydrogen-bond acceptors (Lipinski definition) is 3. The molecule has 26 heavy (non-hydrogen) atoms. The molecule has 0 aliphatic heterocycles. The first kappa shape index (κ1) is 18.0. The van der Waals surface area contributed by atoms with Crippen LogP contribution >= 0.6 is 11.3 Å². The van der Waals surface area contributed by atoms with Crippen LogP contribution in [0.15, 0.2) is 78.9 Å². The van der Waals surface area contributed by atoms with Crippen molar-refractivity contribution in [3.8, 4) is 10.4 Å². The number of amides is 1. The van der Waals surface area contributed by atoms with Crippen LogP contribution in [0.5, 0.6) is 0 Å². The van der Waals surface area contributed by atoms with E-state index in [2.05, 4.69) is 41.7 Å². The van der Waals surface area contributed by atoms with Gasteiger partial charge in [0.2, 0.25) is 0 Å². The van der Waals surface area contributed by atoms with Crippen LogP contribution in [0.3, 0.4) is 0 Å². The largest absolute Gasteiger partial charge is 0.445 e. The van der Waals surface area contributed by atoms with Gasteiger partial charge in [-0.25, -0.2) is 4.79 Å². The fraction of sp³-hybridized carbons (Fsp3) is 0.136. The van der Waals surface area contributed by atoms with Crippen molar-refractivity contribution in [1.82, 2.24) is 5.32 Å². The summed E-state index contributed by atoms with van der Waals surface area (Å²) in [6.07, 6.45) is 4.54. The third kappa shape index (κ3) is 5.60. The van der Waals surface area contributed by atoms with Crippen molar-refractivity contribution in [2.75, 3.05) is 6.54 Å². The quantitative estimate of drug-likeness (QED) is 0.543. The van der Waals surface area contributed by atoms with Crippen molar-refractivity contribution in [1.29, 1.82) is 0 Å². The Hall–Kier alpha value is -2.85. The summed E-state index contributed by atoms with van der Waals surface area (Å²) in [5.41, 5.74) is 2.22. The minimum absolute atomic E-state index is 0.292. The number of ether oxygens (including phenoxy) is 1. The van der Waals surface area contributed by atoms with Gasteiger partial charge in [-0.3, -0.25) is 0 Å². The molecule has 2 aromatic carbocycles. The van der Waals surface area contributed by atoms with Crippen molar-refractivity contribution in [3.63, 3.8) is 0 Å². The van der Waals surface area contributed by atoms with E-state index in [9.17, 15) is 4.79 Å². The standard InChI is InChI=1S/C22H21NO2S/c24-22(25-17-18-9-3-1-4-10-18)23-16-8-7-13-20-14-15-21(26-20)19-11-5-2-6-12-19/h1-7,9-15H,8,16-17H2,(H,23,24). The van der Waals surface area contributed by atoms with Crippen molar-refractivity contribution in [2.24, 2.45) is 0 Å². The maximum atomic E-state index is 11.7. The minimum atomic E-state index is -0.384. The highest BCUT2D eigenvalue weighted by molar-refractivity contribution is 7.16. The highest BCUT2D eigenvalue weighted by Crippen LogP contribution is 2.28. The zero-order valence-corrected chi connectivity index (χ0v) is 15.2. The molecule has 3 nitrogen and oxygen atoms in total. The van der Waals surface area contributed by atoms with Gasteiger partial charge in [0.1, 0.15) is 6.61 Å². The van der Waals surface area contributed by atoms with Gasteiger partial charge in [0.05, 0.1) is 0 Å². The fourth-order valence-electron chi connectivity index (χ4n) is 2.43. The first-order valence-corrected chi connectivity index (χ1v) is 9.39. The van der Waals surface area contributed by atoms with Crippen LogP contribution < -0.4 is 5.32 Å². The average molecular weight is 363 g/mol. The predicted octanol–water partition coefficient (Wildman–Crippen LogP) is 5.74. The lowest BCUT2D eigenvalue weighted by molar-refractivity contribution is 0.140. The zero-order valence-electron chi connectivity index (χ0n) is 14.4. The molecule has 0 spiro atoms. The monoisotopic (exact) mass is 363 g/mol. The lowest BCUT2D eigenvalue weighted by Crippen LogP contribution is -2.24. The number of rotatable bonds is 7. The Labute approximate surface area is 158 Å². The van der Waals surface area contributed by atoms with E-state index in [1.54, 1.807) is 11.3 Å². The predicted molar refractivity (Wildman–Crippen MR) is 108 cm³/mol. The summed E-state index contributed by atoms with van der Waals surface area (Å²) in [6.45, 7) is 0.848. The summed E-state index contributed by atoms with van der Waals surface area (Å²) in [5.74, 6) is 0. The third-order valence-electron chi connectivity index (χ3n) is 3.76. The third-order valence-corrected chi connectivity index (χ3v) is 4.86. The molecule has 0 aliphatic carbocycles. The Bertz CT molecular complexity index is 841. The fourth-order valence-corrected chi connectivity index (χ4v) is 3.38. The van der Waals surface area contributed by atoms with Crippen LogP contribution in [0.25, 0.3) is 16.5 Å². The molecule has 0 radical (unpaired) electrons. The first-order valence-electron chi connectivity index (χ1n) is 8.57. The van der Waals surface area contributed by atoms with Crippen LogP contribution in [0.2, 0.25) is 0 Å². The normalized spacial score (nSPS) is 10.8. The second kappa shape index (κ2) is 9.59. The van der Waals surface area contributed by atoms with Crippen LogP contribution in [-0.2, 0) is 11.3 Å².